The zero-order chi connectivity index (χ0) is 10.6. The minimum atomic E-state index is -2.92. The molecule has 14 heavy (non-hydrogen) atoms. The van der Waals surface area contributed by atoms with Crippen molar-refractivity contribution in [2.24, 2.45) is 0 Å². The van der Waals surface area contributed by atoms with Crippen LogP contribution in [0.4, 0.5) is 11.4 Å². The number of nitrogens with one attached hydrogen (secondary N) is 1. The monoisotopic (exact) mass is 215 g/mol. The van der Waals surface area contributed by atoms with E-state index < -0.39 is 9.84 Å². The normalized spacial score (nSPS) is 11.2. The van der Waals surface area contributed by atoms with E-state index in [2.05, 4.69) is 10.3 Å². The van der Waals surface area contributed by atoms with Gasteiger partial charge in [-0.15, -0.1) is 0 Å². The first-order valence-electron chi connectivity index (χ1n) is 4.09. The number of nitrogen functional groups attached to an aromatic ring is 1. The van der Waals surface area contributed by atoms with Crippen molar-refractivity contribution >= 4 is 21.2 Å². The van der Waals surface area contributed by atoms with Crippen molar-refractivity contribution in [3.05, 3.63) is 18.5 Å². The van der Waals surface area contributed by atoms with Gasteiger partial charge in [-0.05, 0) is 6.07 Å². The minimum Gasteiger partial charge on any atom is -0.397 e. The smallest absolute Gasteiger partial charge is 0.149 e. The number of nitrogens with two attached hydrogens (primary N) is 1. The summed E-state index contributed by atoms with van der Waals surface area (Å²) < 4.78 is 21.6. The highest BCUT2D eigenvalue weighted by Crippen LogP contribution is 2.08. The average molecular weight is 215 g/mol. The molecule has 0 aliphatic heterocycles. The standard InChI is InChI=1S/C8H13N3O2S/c1-14(12,13)3-2-11-8-4-7(9)5-10-6-8/h4-6,11H,2-3,9H2,1H3. The van der Waals surface area contributed by atoms with Crippen LogP contribution < -0.4 is 11.1 Å². The Morgan fingerprint density at radius 2 is 2.21 bits per heavy atom. The largest absolute Gasteiger partial charge is 0.397 e. The molecule has 1 aromatic heterocycles. The first-order chi connectivity index (χ1) is 6.47. The number of anilines is 2. The van der Waals surface area contributed by atoms with Crippen LogP contribution in [0.1, 0.15) is 0 Å². The Hall–Kier alpha value is -1.30. The summed E-state index contributed by atoms with van der Waals surface area (Å²) >= 11 is 0. The maximum Gasteiger partial charge on any atom is 0.149 e. The average Bonchev–Trinajstić information content (AvgIpc) is 2.01. The summed E-state index contributed by atoms with van der Waals surface area (Å²) in [5.74, 6) is 0.0990. The second-order valence-electron chi connectivity index (χ2n) is 3.06. The molecule has 0 aliphatic rings. The molecule has 0 saturated heterocycles. The topological polar surface area (TPSA) is 85.1 Å². The van der Waals surface area contributed by atoms with Gasteiger partial charge in [-0.3, -0.25) is 4.98 Å². The van der Waals surface area contributed by atoms with Gasteiger partial charge in [0.2, 0.25) is 0 Å². The van der Waals surface area contributed by atoms with Gasteiger partial charge in [-0.1, -0.05) is 0 Å². The molecule has 78 valence electrons. The van der Waals surface area contributed by atoms with Crippen LogP contribution in [0.5, 0.6) is 0 Å². The Morgan fingerprint density at radius 1 is 1.50 bits per heavy atom. The van der Waals surface area contributed by atoms with E-state index in [1.54, 1.807) is 12.3 Å². The van der Waals surface area contributed by atoms with Crippen molar-refractivity contribution in [2.75, 3.05) is 29.6 Å². The van der Waals surface area contributed by atoms with E-state index in [0.29, 0.717) is 12.2 Å². The summed E-state index contributed by atoms with van der Waals surface area (Å²) in [4.78, 5) is 3.86. The quantitative estimate of drug-likeness (QED) is 0.745. The number of sulfone groups is 1. The molecule has 1 rings (SSSR count). The fourth-order valence-corrected chi connectivity index (χ4v) is 1.41. The fourth-order valence-electron chi connectivity index (χ4n) is 0.935. The first kappa shape index (κ1) is 10.8. The number of hydrogen-bond donors (Lipinski definition) is 2. The van der Waals surface area contributed by atoms with Gasteiger partial charge in [-0.25, -0.2) is 8.42 Å². The number of pyridine rings is 1. The molecule has 0 aromatic carbocycles. The van der Waals surface area contributed by atoms with Gasteiger partial charge in [0.05, 0.1) is 23.3 Å². The van der Waals surface area contributed by atoms with Gasteiger partial charge in [0, 0.05) is 19.0 Å². The van der Waals surface area contributed by atoms with Gasteiger partial charge in [-0.2, -0.15) is 0 Å². The molecule has 3 N–H and O–H groups in total. The number of hydrogen-bond acceptors (Lipinski definition) is 5. The van der Waals surface area contributed by atoms with E-state index in [4.69, 9.17) is 5.73 Å². The Bertz CT molecular complexity index is 403. The summed E-state index contributed by atoms with van der Waals surface area (Å²) in [6, 6.07) is 1.70. The summed E-state index contributed by atoms with van der Waals surface area (Å²) in [6.45, 7) is 0.365. The van der Waals surface area contributed by atoms with Crippen molar-refractivity contribution < 1.29 is 8.42 Å². The summed E-state index contributed by atoms with van der Waals surface area (Å²) in [7, 11) is -2.92. The molecular weight excluding hydrogens is 202 g/mol. The van der Waals surface area contributed by atoms with Gasteiger partial charge in [0.1, 0.15) is 9.84 Å². The van der Waals surface area contributed by atoms with E-state index in [-0.39, 0.29) is 5.75 Å². The van der Waals surface area contributed by atoms with E-state index >= 15 is 0 Å². The lowest BCUT2D eigenvalue weighted by Crippen LogP contribution is -2.14. The third-order valence-corrected chi connectivity index (χ3v) is 2.51. The lowest BCUT2D eigenvalue weighted by molar-refractivity contribution is 0.602. The zero-order valence-electron chi connectivity index (χ0n) is 7.90. The number of rotatable bonds is 4. The summed E-state index contributed by atoms with van der Waals surface area (Å²) in [5, 5.41) is 2.92. The van der Waals surface area contributed by atoms with Crippen LogP contribution in [0.3, 0.4) is 0 Å². The van der Waals surface area contributed by atoms with Crippen molar-refractivity contribution in [1.29, 1.82) is 0 Å². The maximum atomic E-state index is 10.8. The Kier molecular flexibility index (Phi) is 3.29. The molecule has 0 atom stereocenters. The first-order valence-corrected chi connectivity index (χ1v) is 6.15. The third kappa shape index (κ3) is 4.08. The fraction of sp³-hybridized carbons (Fsp3) is 0.375. The molecule has 0 saturated carbocycles. The molecular formula is C8H13N3O2S. The van der Waals surface area contributed by atoms with E-state index in [1.807, 2.05) is 0 Å². The van der Waals surface area contributed by atoms with Gasteiger partial charge in [0.15, 0.2) is 0 Å². The molecule has 5 nitrogen and oxygen atoms in total. The molecule has 0 aliphatic carbocycles. The number of aromatic nitrogens is 1. The highest BCUT2D eigenvalue weighted by atomic mass is 32.2. The predicted molar refractivity (Wildman–Crippen MR) is 56.8 cm³/mol. The van der Waals surface area contributed by atoms with Crippen LogP contribution in [-0.4, -0.2) is 32.0 Å². The van der Waals surface area contributed by atoms with Gasteiger partial charge in [0.25, 0.3) is 0 Å². The molecule has 0 radical (unpaired) electrons. The zero-order valence-corrected chi connectivity index (χ0v) is 8.71. The van der Waals surface area contributed by atoms with Crippen LogP contribution in [0.2, 0.25) is 0 Å². The number of nitrogens with zero attached hydrogens (tertiary/aromatic N) is 1. The molecule has 1 aromatic rings. The van der Waals surface area contributed by atoms with E-state index in [9.17, 15) is 8.42 Å². The van der Waals surface area contributed by atoms with Crippen molar-refractivity contribution in [1.82, 2.24) is 4.98 Å². The Morgan fingerprint density at radius 3 is 2.79 bits per heavy atom. The summed E-state index contributed by atoms with van der Waals surface area (Å²) in [6.07, 6.45) is 4.33. The third-order valence-electron chi connectivity index (χ3n) is 1.56. The molecule has 1 heterocycles. The van der Waals surface area contributed by atoms with E-state index in [0.717, 1.165) is 5.69 Å². The molecule has 0 amide bonds. The van der Waals surface area contributed by atoms with Gasteiger partial charge >= 0.3 is 0 Å². The lowest BCUT2D eigenvalue weighted by atomic mass is 10.4. The summed E-state index contributed by atoms with van der Waals surface area (Å²) in [5.41, 5.74) is 6.78. The van der Waals surface area contributed by atoms with Crippen molar-refractivity contribution in [3.8, 4) is 0 Å². The van der Waals surface area contributed by atoms with Crippen LogP contribution in [-0.2, 0) is 9.84 Å². The van der Waals surface area contributed by atoms with Crippen LogP contribution in [0.15, 0.2) is 18.5 Å². The van der Waals surface area contributed by atoms with E-state index in [1.165, 1.54) is 12.5 Å². The van der Waals surface area contributed by atoms with Crippen LogP contribution >= 0.6 is 0 Å². The predicted octanol–water partition coefficient (Wildman–Crippen LogP) is 0.120. The highest BCUT2D eigenvalue weighted by molar-refractivity contribution is 7.90. The molecule has 6 heteroatoms. The maximum absolute atomic E-state index is 10.8. The Labute approximate surface area is 83.3 Å². The van der Waals surface area contributed by atoms with Crippen LogP contribution in [0, 0.1) is 0 Å². The minimum absolute atomic E-state index is 0.0990. The molecule has 0 fully saturated rings. The highest BCUT2D eigenvalue weighted by Gasteiger charge is 2.01. The molecule has 0 bridgehead atoms. The van der Waals surface area contributed by atoms with Crippen molar-refractivity contribution in [3.63, 3.8) is 0 Å². The molecule has 0 unspecified atom stereocenters. The SMILES string of the molecule is CS(=O)(=O)CCNc1cncc(N)c1. The second-order valence-corrected chi connectivity index (χ2v) is 5.32. The lowest BCUT2D eigenvalue weighted by Gasteiger charge is -2.04. The van der Waals surface area contributed by atoms with Crippen molar-refractivity contribution in [2.45, 2.75) is 0 Å². The second kappa shape index (κ2) is 4.28. The Balaban J connectivity index is 2.47. The van der Waals surface area contributed by atoms with Crippen LogP contribution in [0.25, 0.3) is 0 Å². The van der Waals surface area contributed by atoms with Gasteiger partial charge < -0.3 is 11.1 Å². The molecule has 0 spiro atoms.